The molecule has 0 aromatic heterocycles. The number of hydrogen-bond acceptors (Lipinski definition) is 6. The van der Waals surface area contributed by atoms with Crippen LogP contribution >= 0.6 is 0 Å². The molecule has 1 heterocycles. The van der Waals surface area contributed by atoms with Crippen LogP contribution in [0.1, 0.15) is 41.7 Å². The minimum absolute atomic E-state index is 0.118. The first-order chi connectivity index (χ1) is 16.8. The number of hydrazine groups is 1. The number of amides is 2. The van der Waals surface area contributed by atoms with Gasteiger partial charge < -0.3 is 19.5 Å². The van der Waals surface area contributed by atoms with Gasteiger partial charge in [0.15, 0.2) is 11.5 Å². The van der Waals surface area contributed by atoms with Crippen LogP contribution in [0.3, 0.4) is 0 Å². The zero-order valence-electron chi connectivity index (χ0n) is 20.7. The Bertz CT molecular complexity index is 1040. The molecule has 0 radical (unpaired) electrons. The third-order valence-electron chi connectivity index (χ3n) is 5.67. The van der Waals surface area contributed by atoms with Crippen LogP contribution in [0.15, 0.2) is 54.7 Å². The Morgan fingerprint density at radius 2 is 1.86 bits per heavy atom. The monoisotopic (exact) mass is 482 g/mol. The minimum Gasteiger partial charge on any atom is -0.493 e. The first-order valence-corrected chi connectivity index (χ1v) is 11.7. The van der Waals surface area contributed by atoms with Gasteiger partial charge in [0, 0.05) is 24.0 Å². The molecule has 2 amide bonds. The molecule has 2 N–H and O–H groups in total. The quantitative estimate of drug-likeness (QED) is 0.526. The Morgan fingerprint density at radius 1 is 1.11 bits per heavy atom. The van der Waals surface area contributed by atoms with Gasteiger partial charge in [-0.2, -0.15) is 0 Å². The summed E-state index contributed by atoms with van der Waals surface area (Å²) >= 11 is 0. The van der Waals surface area contributed by atoms with Crippen molar-refractivity contribution in [3.63, 3.8) is 0 Å². The number of nitrogens with zero attached hydrogens (tertiary/aromatic N) is 3. The van der Waals surface area contributed by atoms with Crippen molar-refractivity contribution in [1.29, 1.82) is 0 Å². The topological polar surface area (TPSA) is 94.6 Å². The summed E-state index contributed by atoms with van der Waals surface area (Å²) in [6, 6.07) is 12.3. The number of methoxy groups -OCH3 is 1. The zero-order chi connectivity index (χ0) is 25.4. The van der Waals surface area contributed by atoms with E-state index in [4.69, 9.17) is 9.47 Å². The summed E-state index contributed by atoms with van der Waals surface area (Å²) in [5.41, 5.74) is 5.22. The van der Waals surface area contributed by atoms with Crippen molar-refractivity contribution in [2.75, 3.05) is 45.8 Å². The van der Waals surface area contributed by atoms with Crippen molar-refractivity contribution in [2.45, 2.75) is 25.8 Å². The minimum atomic E-state index is -1.02. The largest absolute Gasteiger partial charge is 0.493 e. The molecule has 0 spiro atoms. The average Bonchev–Trinajstić information content (AvgIpc) is 2.86. The first kappa shape index (κ1) is 26.1. The van der Waals surface area contributed by atoms with Gasteiger partial charge in [0.25, 0.3) is 5.91 Å². The molecule has 188 valence electrons. The number of ether oxygens (including phenoxy) is 2. The third kappa shape index (κ3) is 6.74. The maximum atomic E-state index is 13.1. The van der Waals surface area contributed by atoms with Crippen LogP contribution < -0.4 is 19.8 Å². The lowest BCUT2D eigenvalue weighted by Gasteiger charge is -2.30. The molecule has 2 aromatic carbocycles. The number of anilines is 1. The van der Waals surface area contributed by atoms with Crippen LogP contribution in [0.25, 0.3) is 0 Å². The summed E-state index contributed by atoms with van der Waals surface area (Å²) in [5.74, 6) is 1.09. The third-order valence-corrected chi connectivity index (χ3v) is 5.67. The Morgan fingerprint density at radius 3 is 2.49 bits per heavy atom. The van der Waals surface area contributed by atoms with Crippen molar-refractivity contribution in [3.8, 4) is 11.5 Å². The summed E-state index contributed by atoms with van der Waals surface area (Å²) in [7, 11) is 5.50. The Hall–Kier alpha value is -3.56. The van der Waals surface area contributed by atoms with Crippen molar-refractivity contribution in [1.82, 2.24) is 15.3 Å². The molecule has 1 aliphatic rings. The van der Waals surface area contributed by atoms with Crippen LogP contribution in [0, 0.1) is 0 Å². The SMILES string of the molecule is CCOc1cc(C2CC=CN(C(=O)c3ccc(N(CCCN(C)C)C(=O)O)cc3)N2)ccc1OC. The number of carbonyl (C=O) groups is 2. The Kier molecular flexibility index (Phi) is 9.11. The van der Waals surface area contributed by atoms with Crippen LogP contribution in [0.4, 0.5) is 10.5 Å². The molecule has 9 nitrogen and oxygen atoms in total. The van der Waals surface area contributed by atoms with Gasteiger partial charge in [0.05, 0.1) is 19.8 Å². The van der Waals surface area contributed by atoms with Crippen molar-refractivity contribution < 1.29 is 24.2 Å². The van der Waals surface area contributed by atoms with Gasteiger partial charge in [-0.05, 0) is 82.4 Å². The first-order valence-electron chi connectivity index (χ1n) is 11.7. The summed E-state index contributed by atoms with van der Waals surface area (Å²) < 4.78 is 11.1. The maximum Gasteiger partial charge on any atom is 0.411 e. The van der Waals surface area contributed by atoms with Crippen molar-refractivity contribution >= 4 is 17.7 Å². The number of rotatable bonds is 10. The van der Waals surface area contributed by atoms with Gasteiger partial charge in [-0.3, -0.25) is 9.69 Å². The molecule has 0 fully saturated rings. The smallest absolute Gasteiger partial charge is 0.411 e. The van der Waals surface area contributed by atoms with Crippen LogP contribution in [0.5, 0.6) is 11.5 Å². The molecule has 35 heavy (non-hydrogen) atoms. The molecule has 9 heteroatoms. The van der Waals surface area contributed by atoms with Gasteiger partial charge >= 0.3 is 6.09 Å². The normalized spacial score (nSPS) is 15.2. The van der Waals surface area contributed by atoms with Gasteiger partial charge in [-0.1, -0.05) is 12.1 Å². The zero-order valence-corrected chi connectivity index (χ0v) is 20.7. The number of benzene rings is 2. The van der Waals surface area contributed by atoms with Crippen LogP contribution in [0.2, 0.25) is 0 Å². The summed E-state index contributed by atoms with van der Waals surface area (Å²) in [5, 5.41) is 11.1. The van der Waals surface area contributed by atoms with E-state index in [-0.39, 0.29) is 11.9 Å². The van der Waals surface area contributed by atoms with Crippen molar-refractivity contribution in [3.05, 3.63) is 65.9 Å². The molecule has 0 aliphatic carbocycles. The molecule has 2 aromatic rings. The van der Waals surface area contributed by atoms with Gasteiger partial charge in [0.2, 0.25) is 0 Å². The molecule has 3 rings (SSSR count). The molecular weight excluding hydrogens is 448 g/mol. The van der Waals surface area contributed by atoms with Gasteiger partial charge in [-0.15, -0.1) is 0 Å². The summed E-state index contributed by atoms with van der Waals surface area (Å²) in [6.45, 7) is 3.60. The molecule has 1 unspecified atom stereocenters. The fraction of sp³-hybridized carbons (Fsp3) is 0.385. The van der Waals surface area contributed by atoms with E-state index in [2.05, 4.69) is 5.43 Å². The van der Waals surface area contributed by atoms with E-state index in [1.165, 1.54) is 9.91 Å². The fourth-order valence-electron chi connectivity index (χ4n) is 3.88. The lowest BCUT2D eigenvalue weighted by Crippen LogP contribution is -2.43. The second-order valence-corrected chi connectivity index (χ2v) is 8.46. The van der Waals surface area contributed by atoms with E-state index in [1.54, 1.807) is 37.6 Å². The molecule has 0 saturated carbocycles. The highest BCUT2D eigenvalue weighted by molar-refractivity contribution is 5.95. The fourth-order valence-corrected chi connectivity index (χ4v) is 3.88. The lowest BCUT2D eigenvalue weighted by molar-refractivity contribution is 0.0713. The number of carboxylic acid groups (broad SMARTS) is 1. The van der Waals surface area contributed by atoms with E-state index >= 15 is 0 Å². The predicted molar refractivity (Wildman–Crippen MR) is 135 cm³/mol. The second-order valence-electron chi connectivity index (χ2n) is 8.46. The Balaban J connectivity index is 1.70. The van der Waals surface area contributed by atoms with Gasteiger partial charge in [-0.25, -0.2) is 15.2 Å². The van der Waals surface area contributed by atoms with Crippen LogP contribution in [-0.2, 0) is 0 Å². The van der Waals surface area contributed by atoms with Crippen LogP contribution in [-0.4, -0.2) is 67.9 Å². The molecule has 1 atom stereocenters. The van der Waals surface area contributed by atoms with E-state index in [0.717, 1.165) is 12.1 Å². The van der Waals surface area contributed by atoms with E-state index < -0.39 is 6.09 Å². The average molecular weight is 483 g/mol. The molecule has 1 aliphatic heterocycles. The maximum absolute atomic E-state index is 13.1. The summed E-state index contributed by atoms with van der Waals surface area (Å²) in [4.78, 5) is 28.2. The molecular formula is C26H34N4O5. The number of hydrogen-bond donors (Lipinski definition) is 2. The highest BCUT2D eigenvalue weighted by Gasteiger charge is 2.23. The predicted octanol–water partition coefficient (Wildman–Crippen LogP) is 4.14. The van der Waals surface area contributed by atoms with Gasteiger partial charge in [0.1, 0.15) is 0 Å². The highest BCUT2D eigenvalue weighted by atomic mass is 16.5. The standard InChI is InChI=1S/C26H34N4O5/c1-5-35-24-18-20(11-14-23(24)34-4)22-8-6-17-30(27-22)25(31)19-9-12-21(13-10-19)29(26(32)33)16-7-15-28(2)3/h6,9-14,17-18,22,27H,5,7-8,15-16H2,1-4H3,(H,32,33). The van der Waals surface area contributed by atoms with E-state index in [0.29, 0.717) is 48.7 Å². The lowest BCUT2D eigenvalue weighted by atomic mass is 10.0. The van der Waals surface area contributed by atoms with Crippen molar-refractivity contribution in [2.24, 2.45) is 0 Å². The highest BCUT2D eigenvalue weighted by Crippen LogP contribution is 2.32. The number of carbonyl (C=O) groups excluding carboxylic acids is 1. The van der Waals surface area contributed by atoms with E-state index in [1.807, 2.05) is 50.2 Å². The summed E-state index contributed by atoms with van der Waals surface area (Å²) in [6.07, 6.45) is 4.05. The second kappa shape index (κ2) is 12.2. The number of nitrogens with one attached hydrogen (secondary N) is 1. The van der Waals surface area contributed by atoms with E-state index in [9.17, 15) is 14.7 Å². The molecule has 0 bridgehead atoms. The molecule has 0 saturated heterocycles. The Labute approximate surface area is 206 Å².